The van der Waals surface area contributed by atoms with Crippen molar-refractivity contribution >= 4 is 47.3 Å². The van der Waals surface area contributed by atoms with Crippen LogP contribution in [0.4, 0.5) is 0 Å². The lowest BCUT2D eigenvalue weighted by molar-refractivity contribution is -0.132. The van der Waals surface area contributed by atoms with E-state index in [0.29, 0.717) is 23.9 Å². The minimum Gasteiger partial charge on any atom is -1.00 e. The van der Waals surface area contributed by atoms with Gasteiger partial charge in [-0.3, -0.25) is 9.59 Å². The summed E-state index contributed by atoms with van der Waals surface area (Å²) in [6.45, 7) is 3.29. The molecular weight excluding hydrogens is 718 g/mol. The Morgan fingerprint density at radius 1 is 0.553 bits per heavy atom. The Morgan fingerprint density at radius 2 is 1.02 bits per heavy atom. The Kier molecular flexibility index (Phi) is 13.3. The number of carbonyl (C=O) groups is 2. The minimum absolute atomic E-state index is 0. The van der Waals surface area contributed by atoms with Gasteiger partial charge in [-0.2, -0.15) is 0 Å². The third-order valence-electron chi connectivity index (χ3n) is 7.52. The van der Waals surface area contributed by atoms with Gasteiger partial charge in [0.05, 0.1) is 12.8 Å². The van der Waals surface area contributed by atoms with Gasteiger partial charge >= 0.3 is 11.9 Å². The minimum atomic E-state index is -1.89. The number of rotatable bonds is 13. The first kappa shape index (κ1) is 35.6. The number of hydrogen-bond acceptors (Lipinski definition) is 5. The normalized spacial score (nSPS) is 11.0. The van der Waals surface area contributed by atoms with Crippen molar-refractivity contribution < 1.29 is 47.8 Å². The monoisotopic (exact) mass is 756 g/mol. The second kappa shape index (κ2) is 17.6. The molecule has 5 nitrogen and oxygen atoms in total. The van der Waals surface area contributed by atoms with E-state index in [1.807, 2.05) is 30.4 Å². The predicted octanol–water partition coefficient (Wildman–Crippen LogP) is 4.86. The number of carbonyl (C=O) groups excluding carboxylic acids is 2. The van der Waals surface area contributed by atoms with Crippen LogP contribution in [0.3, 0.4) is 0 Å². The van der Waals surface area contributed by atoms with Crippen LogP contribution in [0.25, 0.3) is 12.2 Å². The number of unbranched alkanes of at least 4 members (excludes halogenated alkanes) is 1. The molecule has 0 N–H and O–H groups in total. The Bertz CT molecular complexity index is 1660. The highest BCUT2D eigenvalue weighted by Crippen LogP contribution is 2.55. The molecule has 5 aromatic carbocycles. The molecule has 240 valence electrons. The highest BCUT2D eigenvalue weighted by atomic mass is 127. The molecule has 0 aliphatic carbocycles. The summed E-state index contributed by atoms with van der Waals surface area (Å²) < 4.78 is 16.8. The van der Waals surface area contributed by atoms with Crippen molar-refractivity contribution in [3.05, 3.63) is 145 Å². The maximum Gasteiger partial charge on any atom is 0.308 e. The van der Waals surface area contributed by atoms with Gasteiger partial charge in [0.25, 0.3) is 0 Å². The van der Waals surface area contributed by atoms with E-state index in [9.17, 15) is 9.59 Å². The average Bonchev–Trinajstić information content (AvgIpc) is 3.07. The summed E-state index contributed by atoms with van der Waals surface area (Å²) in [4.78, 5) is 23.0. The molecule has 0 aliphatic rings. The molecule has 0 bridgehead atoms. The van der Waals surface area contributed by atoms with E-state index in [1.54, 1.807) is 24.3 Å². The van der Waals surface area contributed by atoms with Gasteiger partial charge in [0.15, 0.2) is 0 Å². The number of halogens is 1. The van der Waals surface area contributed by atoms with Crippen molar-refractivity contribution in [3.8, 4) is 17.2 Å². The summed E-state index contributed by atoms with van der Waals surface area (Å²) in [5, 5.41) is 4.12. The van der Waals surface area contributed by atoms with Crippen LogP contribution in [0.5, 0.6) is 17.2 Å². The van der Waals surface area contributed by atoms with Crippen LogP contribution in [0, 0.1) is 0 Å². The molecule has 0 aromatic heterocycles. The highest BCUT2D eigenvalue weighted by molar-refractivity contribution is 7.95. The first-order valence-corrected chi connectivity index (χ1v) is 17.4. The fourth-order valence-electron chi connectivity index (χ4n) is 5.53. The maximum absolute atomic E-state index is 11.8. The van der Waals surface area contributed by atoms with E-state index in [0.717, 1.165) is 30.1 Å². The van der Waals surface area contributed by atoms with Crippen molar-refractivity contribution in [1.29, 1.82) is 0 Å². The molecule has 0 aliphatic heterocycles. The van der Waals surface area contributed by atoms with Gasteiger partial charge in [0.2, 0.25) is 0 Å². The third kappa shape index (κ3) is 9.87. The molecule has 0 unspecified atom stereocenters. The summed E-state index contributed by atoms with van der Waals surface area (Å²) in [6.07, 6.45) is 6.73. The molecule has 7 heteroatoms. The molecule has 0 atom stereocenters. The summed E-state index contributed by atoms with van der Waals surface area (Å²) in [6, 6.07) is 45.4. The van der Waals surface area contributed by atoms with Crippen molar-refractivity contribution in [2.24, 2.45) is 0 Å². The van der Waals surface area contributed by atoms with Crippen molar-refractivity contribution in [3.63, 3.8) is 0 Å². The fraction of sp³-hybridized carbons (Fsp3) is 0.150. The first-order valence-electron chi connectivity index (χ1n) is 15.4. The Hall–Kier alpha value is -4.26. The Morgan fingerprint density at radius 3 is 1.53 bits per heavy atom. The topological polar surface area (TPSA) is 61.8 Å². The van der Waals surface area contributed by atoms with Gasteiger partial charge < -0.3 is 38.2 Å². The highest BCUT2D eigenvalue weighted by Gasteiger charge is 2.44. The van der Waals surface area contributed by atoms with Gasteiger partial charge in [-0.25, -0.2) is 0 Å². The van der Waals surface area contributed by atoms with E-state index >= 15 is 0 Å². The summed E-state index contributed by atoms with van der Waals surface area (Å²) in [5.74, 6) is 0.808. The predicted molar refractivity (Wildman–Crippen MR) is 189 cm³/mol. The van der Waals surface area contributed by atoms with Crippen molar-refractivity contribution in [2.75, 3.05) is 12.8 Å². The van der Waals surface area contributed by atoms with E-state index in [4.69, 9.17) is 14.2 Å². The van der Waals surface area contributed by atoms with Crippen LogP contribution in [0.2, 0.25) is 0 Å². The van der Waals surface area contributed by atoms with Crippen LogP contribution in [0.15, 0.2) is 133 Å². The van der Waals surface area contributed by atoms with E-state index in [2.05, 4.69) is 91.0 Å². The van der Waals surface area contributed by atoms with E-state index in [-0.39, 0.29) is 29.9 Å². The number of ether oxygens (including phenoxy) is 3. The fourth-order valence-corrected chi connectivity index (χ4v) is 9.94. The number of benzene rings is 5. The van der Waals surface area contributed by atoms with Gasteiger partial charge in [0, 0.05) is 19.9 Å². The second-order valence-electron chi connectivity index (χ2n) is 10.9. The van der Waals surface area contributed by atoms with Gasteiger partial charge in [-0.1, -0.05) is 78.9 Å². The van der Waals surface area contributed by atoms with Crippen molar-refractivity contribution in [1.82, 2.24) is 0 Å². The summed E-state index contributed by atoms with van der Waals surface area (Å²) >= 11 is 0. The first-order chi connectivity index (χ1) is 22.4. The zero-order chi connectivity index (χ0) is 32.2. The van der Waals surface area contributed by atoms with Crippen LogP contribution in [-0.4, -0.2) is 24.7 Å². The van der Waals surface area contributed by atoms with Crippen LogP contribution in [0.1, 0.15) is 37.8 Å². The molecule has 5 aromatic rings. The quantitative estimate of drug-likeness (QED) is 0.0429. The van der Waals surface area contributed by atoms with E-state index in [1.165, 1.54) is 29.8 Å². The molecule has 0 radical (unpaired) electrons. The molecular formula is C40H38IO5P. The SMILES string of the molecule is CC(=O)Oc1ccc(/C=C/c2cc(OCCCC[P+](c3ccccc3)(c3ccccc3)c3ccccc3)cc(OC(C)=O)c2)cc1.[I-]. The standard InChI is InChI=1S/C40H38O5P.HI/c1-31(41)44-35-24-22-33(23-25-35)20-21-34-28-36(30-37(29-34)45-32(2)42)43-26-12-13-27-46(38-14-6-3-7-15-38,39-16-8-4-9-17-39)40-18-10-5-11-19-40;/h3-11,14-25,28-30H,12-13,26-27H2,1-2H3;1H/q+1;/p-1/b21-20+;. The molecule has 0 amide bonds. The largest absolute Gasteiger partial charge is 1.00 e. The zero-order valence-corrected chi connectivity index (χ0v) is 29.6. The lowest BCUT2D eigenvalue weighted by Gasteiger charge is -2.27. The molecule has 0 fully saturated rings. The molecule has 0 saturated heterocycles. The second-order valence-corrected chi connectivity index (χ2v) is 14.5. The summed E-state index contributed by atoms with van der Waals surface area (Å²) in [5.41, 5.74) is 1.76. The smallest absolute Gasteiger partial charge is 0.308 e. The van der Waals surface area contributed by atoms with Crippen molar-refractivity contribution in [2.45, 2.75) is 26.7 Å². The van der Waals surface area contributed by atoms with E-state index < -0.39 is 13.2 Å². The Labute approximate surface area is 295 Å². The van der Waals surface area contributed by atoms with Gasteiger partial charge in [-0.05, 0) is 84.6 Å². The van der Waals surface area contributed by atoms with Gasteiger partial charge in [0.1, 0.15) is 40.4 Å². The molecule has 0 heterocycles. The van der Waals surface area contributed by atoms with Crippen LogP contribution in [-0.2, 0) is 9.59 Å². The molecule has 5 rings (SSSR count). The number of hydrogen-bond donors (Lipinski definition) is 0. The third-order valence-corrected chi connectivity index (χ3v) is 12.0. The molecule has 0 spiro atoms. The van der Waals surface area contributed by atoms with Gasteiger partial charge in [-0.15, -0.1) is 0 Å². The maximum atomic E-state index is 11.8. The van der Waals surface area contributed by atoms with Crippen LogP contribution < -0.4 is 54.1 Å². The van der Waals surface area contributed by atoms with Crippen LogP contribution >= 0.6 is 7.26 Å². The lowest BCUT2D eigenvalue weighted by atomic mass is 10.1. The lowest BCUT2D eigenvalue weighted by Crippen LogP contribution is -3.00. The number of esters is 2. The molecule has 0 saturated carbocycles. The Balaban J connectivity index is 0.00000500. The zero-order valence-electron chi connectivity index (χ0n) is 26.6. The summed E-state index contributed by atoms with van der Waals surface area (Å²) in [7, 11) is -1.89. The molecule has 47 heavy (non-hydrogen) atoms. The average molecular weight is 757 g/mol.